The maximum atomic E-state index is 11.9. The maximum absolute atomic E-state index is 11.9. The molecule has 0 aliphatic heterocycles. The normalized spacial score (nSPS) is 40.8. The monoisotopic (exact) mass is 678 g/mol. The molecule has 5 rings (SSSR count). The van der Waals surface area contributed by atoms with E-state index in [-0.39, 0.29) is 96.1 Å². The smallest absolute Gasteiger partial charge is 0.748 e. The molecule has 17 heteroatoms. The fraction of sp³-hybridized carbons (Fsp3) is 0.963. The third-order valence-electron chi connectivity index (χ3n) is 10.3. The van der Waals surface area contributed by atoms with Gasteiger partial charge in [-0.1, -0.05) is 44.9 Å². The van der Waals surface area contributed by atoms with E-state index in [1.54, 1.807) is 0 Å². The van der Waals surface area contributed by atoms with Gasteiger partial charge in [0, 0.05) is 12.5 Å². The summed E-state index contributed by atoms with van der Waals surface area (Å²) in [5.41, 5.74) is 0. The average Bonchev–Trinajstić information content (AvgIpc) is 2.95. The molecule has 5 saturated carbocycles. The second-order valence-electron chi connectivity index (χ2n) is 12.7. The second-order valence-corrected chi connectivity index (χ2v) is 14.7. The fourth-order valence-corrected chi connectivity index (χ4v) is 9.45. The van der Waals surface area contributed by atoms with Gasteiger partial charge in [-0.3, -0.25) is 0 Å². The van der Waals surface area contributed by atoms with Crippen molar-refractivity contribution < 1.29 is 100 Å². The van der Waals surface area contributed by atoms with Crippen LogP contribution in [0.5, 0.6) is 0 Å². The van der Waals surface area contributed by atoms with Gasteiger partial charge in [-0.25, -0.2) is 8.42 Å². The Labute approximate surface area is 306 Å². The molecule has 0 bridgehead atoms. The van der Waals surface area contributed by atoms with Crippen LogP contribution >= 0.6 is 0 Å². The van der Waals surface area contributed by atoms with Gasteiger partial charge < -0.3 is 26.3 Å². The Balaban J connectivity index is 0.00000106. The molecular formula is C27H44N4Na2O9S2. The minimum atomic E-state index is -4.35. The molecular weight excluding hydrogens is 634 g/mol. The second kappa shape index (κ2) is 19.0. The molecule has 0 saturated heterocycles. The van der Waals surface area contributed by atoms with E-state index in [2.05, 4.69) is 26.9 Å². The first-order valence-electron chi connectivity index (χ1n) is 15.3. The number of aliphatic hydroxyl groups excluding tert-OH is 3. The van der Waals surface area contributed by atoms with Gasteiger partial charge in [0.1, 0.15) is 12.1 Å². The van der Waals surface area contributed by atoms with Crippen molar-refractivity contribution in [2.24, 2.45) is 50.0 Å². The summed E-state index contributed by atoms with van der Waals surface area (Å²) < 4.78 is 61.0. The maximum Gasteiger partial charge on any atom is 1.00 e. The van der Waals surface area contributed by atoms with E-state index in [0.717, 1.165) is 44.9 Å². The molecule has 44 heavy (non-hydrogen) atoms. The van der Waals surface area contributed by atoms with Crippen LogP contribution < -0.4 is 59.1 Å². The Morgan fingerprint density at radius 2 is 1.27 bits per heavy atom. The van der Waals surface area contributed by atoms with E-state index in [1.165, 1.54) is 19.3 Å². The van der Waals surface area contributed by atoms with Gasteiger partial charge in [0.2, 0.25) is 0 Å². The van der Waals surface area contributed by atoms with E-state index in [1.807, 2.05) is 0 Å². The van der Waals surface area contributed by atoms with E-state index >= 15 is 0 Å². The Hall–Kier alpha value is 0.610. The standard InChI is InChI=1S/C27H45N4O6S.2Na.O3S/c32-15-17-14-23(30-28-22-12-13-24(38(35,36)37)20-10-4-3-9-19(20)22)27(34)25(26(17)33)31-29-21-11-5-7-16-6-1-2-8-18(16)21;;;1-4(2)3/h7,16-27,32-34H,1-6,8-15H2,(H,35,36,37);;;/q-1;2*+1;/p-1. The molecule has 0 aromatic rings. The number of azo groups is 2. The van der Waals surface area contributed by atoms with E-state index in [9.17, 15) is 28.3 Å². The van der Waals surface area contributed by atoms with Crippen LogP contribution in [-0.2, 0) is 20.7 Å². The van der Waals surface area contributed by atoms with Crippen LogP contribution in [-0.4, -0.2) is 89.1 Å². The van der Waals surface area contributed by atoms with Crippen LogP contribution in [0.3, 0.4) is 0 Å². The minimum absolute atomic E-state index is 0. The van der Waals surface area contributed by atoms with Crippen LogP contribution in [0, 0.1) is 36.0 Å². The molecule has 5 aliphatic rings. The average molecular weight is 679 g/mol. The van der Waals surface area contributed by atoms with Crippen LogP contribution in [0.15, 0.2) is 20.5 Å². The Morgan fingerprint density at radius 1 is 0.727 bits per heavy atom. The summed E-state index contributed by atoms with van der Waals surface area (Å²) in [5.74, 6) is 0.365. The number of nitrogens with zero attached hydrogens (tertiary/aromatic N) is 4. The van der Waals surface area contributed by atoms with Gasteiger partial charge in [-0.15, -0.1) is 12.6 Å². The molecule has 12 unspecified atom stereocenters. The first kappa shape index (κ1) is 40.8. The Kier molecular flexibility index (Phi) is 17.6. The summed E-state index contributed by atoms with van der Waals surface area (Å²) >= 11 is 0. The summed E-state index contributed by atoms with van der Waals surface area (Å²) in [5, 5.41) is 49.6. The van der Waals surface area contributed by atoms with Crippen LogP contribution in [0.2, 0.25) is 0 Å². The molecule has 5 aliphatic carbocycles. The molecule has 0 heterocycles. The summed E-state index contributed by atoms with van der Waals surface area (Å²) in [6.07, 6.45) is 11.6. The molecule has 3 N–H and O–H groups in total. The predicted molar refractivity (Wildman–Crippen MR) is 149 cm³/mol. The summed E-state index contributed by atoms with van der Waals surface area (Å²) in [6.45, 7) is -0.244. The molecule has 5 fully saturated rings. The minimum Gasteiger partial charge on any atom is -0.748 e. The Morgan fingerprint density at radius 3 is 1.91 bits per heavy atom. The zero-order chi connectivity index (χ0) is 30.4. The molecule has 0 aromatic heterocycles. The van der Waals surface area contributed by atoms with Gasteiger partial charge in [-0.05, 0) is 49.9 Å². The number of aliphatic hydroxyl groups is 3. The third kappa shape index (κ3) is 10.6. The van der Waals surface area contributed by atoms with Crippen molar-refractivity contribution in [2.75, 3.05) is 6.61 Å². The van der Waals surface area contributed by atoms with Crippen molar-refractivity contribution in [2.45, 2.75) is 125 Å². The van der Waals surface area contributed by atoms with Gasteiger partial charge in [0.15, 0.2) is 0 Å². The van der Waals surface area contributed by atoms with E-state index < -0.39 is 56.2 Å². The van der Waals surface area contributed by atoms with Crippen LogP contribution in [0.1, 0.15) is 83.5 Å². The van der Waals surface area contributed by atoms with E-state index in [4.69, 9.17) is 12.6 Å². The van der Waals surface area contributed by atoms with Crippen LogP contribution in [0.25, 0.3) is 0 Å². The molecule has 0 amide bonds. The largest absolute Gasteiger partial charge is 1.00 e. The number of fused-ring (bicyclic) bond motifs is 2. The van der Waals surface area contributed by atoms with Crippen LogP contribution in [0.4, 0.5) is 0 Å². The molecule has 13 nitrogen and oxygen atoms in total. The first-order valence-corrected chi connectivity index (χ1v) is 17.8. The topological polar surface area (TPSA) is 219 Å². The SMILES string of the molecule is O=S(=O)([O-])C1CCC(N=NC2CC(CO)C(O)C(N=NC3CC[CH-]C4CCCCC43)C2O)C2CCCCC21.O=S(=O)=O.[Na+].[Na+]. The van der Waals surface area contributed by atoms with Gasteiger partial charge >= 0.3 is 69.7 Å². The molecule has 0 radical (unpaired) electrons. The molecule has 12 atom stereocenters. The molecule has 0 aromatic carbocycles. The van der Waals surface area contributed by atoms with Gasteiger partial charge in [0.05, 0.1) is 39.6 Å². The molecule has 0 spiro atoms. The number of hydrogen-bond acceptors (Lipinski definition) is 13. The van der Waals surface area contributed by atoms with Crippen molar-refractivity contribution in [3.8, 4) is 0 Å². The van der Waals surface area contributed by atoms with Crippen molar-refractivity contribution in [1.29, 1.82) is 0 Å². The summed E-state index contributed by atoms with van der Waals surface area (Å²) in [6, 6.07) is -1.60. The van der Waals surface area contributed by atoms with E-state index in [0.29, 0.717) is 24.7 Å². The molecule has 240 valence electrons. The zero-order valence-corrected chi connectivity index (χ0v) is 31.4. The summed E-state index contributed by atoms with van der Waals surface area (Å²) in [7, 11) is -7.47. The zero-order valence-electron chi connectivity index (χ0n) is 25.8. The van der Waals surface area contributed by atoms with Gasteiger partial charge in [0.25, 0.3) is 0 Å². The number of hydrogen-bond donors (Lipinski definition) is 3. The Bertz CT molecular complexity index is 1170. The fourth-order valence-electron chi connectivity index (χ4n) is 8.26. The number of rotatable bonds is 6. The van der Waals surface area contributed by atoms with Crippen molar-refractivity contribution in [3.63, 3.8) is 0 Å². The summed E-state index contributed by atoms with van der Waals surface area (Å²) in [4.78, 5) is 0. The third-order valence-corrected chi connectivity index (χ3v) is 11.7. The first-order chi connectivity index (χ1) is 20.0. The van der Waals surface area contributed by atoms with Crippen molar-refractivity contribution in [1.82, 2.24) is 0 Å². The van der Waals surface area contributed by atoms with Crippen molar-refractivity contribution in [3.05, 3.63) is 6.42 Å². The quantitative estimate of drug-likeness (QED) is 0.109. The predicted octanol–water partition coefficient (Wildman–Crippen LogP) is -3.58. The van der Waals surface area contributed by atoms with Crippen molar-refractivity contribution >= 4 is 20.7 Å². The van der Waals surface area contributed by atoms with Gasteiger partial charge in [-0.2, -0.15) is 32.8 Å².